The standard InChI is InChI=1S/C26H44S/c1-4-7-8-9-10-11-12-13-14-15-16-17-18-19-22-24-23-25(20-5-2)27-26(24)21-6-3/h5-6,20-21,23H,4,7-19,22H2,1-3H3/b20-5-,21-6+. The predicted molar refractivity (Wildman–Crippen MR) is 128 cm³/mol. The molecule has 0 unspecified atom stereocenters. The molecule has 1 heteroatoms. The fraction of sp³-hybridized carbons (Fsp3) is 0.692. The molecule has 0 aliphatic rings. The van der Waals surface area contributed by atoms with E-state index in [0.29, 0.717) is 0 Å². The van der Waals surface area contributed by atoms with Crippen molar-refractivity contribution in [1.82, 2.24) is 0 Å². The zero-order valence-corrected chi connectivity index (χ0v) is 19.2. The van der Waals surface area contributed by atoms with Crippen molar-refractivity contribution in [1.29, 1.82) is 0 Å². The van der Waals surface area contributed by atoms with Gasteiger partial charge in [-0.05, 0) is 50.5 Å². The number of hydrogen-bond acceptors (Lipinski definition) is 1. The Labute approximate surface area is 174 Å². The van der Waals surface area contributed by atoms with Gasteiger partial charge >= 0.3 is 0 Å². The van der Waals surface area contributed by atoms with E-state index in [2.05, 4.69) is 51.1 Å². The number of thiophene rings is 1. The van der Waals surface area contributed by atoms with Gasteiger partial charge in [-0.1, -0.05) is 103 Å². The van der Waals surface area contributed by atoms with Crippen molar-refractivity contribution in [2.75, 3.05) is 0 Å². The maximum atomic E-state index is 2.39. The molecule has 1 rings (SSSR count). The molecule has 0 spiro atoms. The molecule has 1 aromatic heterocycles. The topological polar surface area (TPSA) is 0 Å². The van der Waals surface area contributed by atoms with Crippen molar-refractivity contribution in [2.45, 2.75) is 117 Å². The summed E-state index contributed by atoms with van der Waals surface area (Å²) in [6, 6.07) is 2.39. The van der Waals surface area contributed by atoms with E-state index in [1.165, 1.54) is 106 Å². The van der Waals surface area contributed by atoms with Crippen molar-refractivity contribution < 1.29 is 0 Å². The Morgan fingerprint density at radius 1 is 0.667 bits per heavy atom. The molecular formula is C26H44S. The molecule has 0 nitrogen and oxygen atoms in total. The van der Waals surface area contributed by atoms with Gasteiger partial charge in [0.05, 0.1) is 0 Å². The van der Waals surface area contributed by atoms with Gasteiger partial charge in [-0.3, -0.25) is 0 Å². The second-order valence-electron chi connectivity index (χ2n) is 7.88. The van der Waals surface area contributed by atoms with Crippen molar-refractivity contribution in [2.24, 2.45) is 0 Å². The highest BCUT2D eigenvalue weighted by Gasteiger charge is 2.05. The minimum Gasteiger partial charge on any atom is -0.136 e. The average molecular weight is 389 g/mol. The molecule has 0 N–H and O–H groups in total. The maximum absolute atomic E-state index is 2.39. The van der Waals surface area contributed by atoms with Crippen LogP contribution < -0.4 is 0 Å². The molecular weight excluding hydrogens is 344 g/mol. The summed E-state index contributed by atoms with van der Waals surface area (Å²) in [5.41, 5.74) is 1.55. The molecule has 0 fully saturated rings. The van der Waals surface area contributed by atoms with Crippen LogP contribution in [0.2, 0.25) is 0 Å². The summed E-state index contributed by atoms with van der Waals surface area (Å²) in [4.78, 5) is 2.85. The lowest BCUT2D eigenvalue weighted by atomic mass is 10.0. The third-order valence-corrected chi connectivity index (χ3v) is 6.42. The number of aryl methyl sites for hydroxylation is 1. The average Bonchev–Trinajstić information content (AvgIpc) is 3.04. The van der Waals surface area contributed by atoms with Crippen LogP contribution in [-0.2, 0) is 6.42 Å². The van der Waals surface area contributed by atoms with Crippen molar-refractivity contribution in [3.63, 3.8) is 0 Å². The van der Waals surface area contributed by atoms with Crippen molar-refractivity contribution in [3.8, 4) is 0 Å². The molecule has 0 saturated heterocycles. The quantitative estimate of drug-likeness (QED) is 0.233. The van der Waals surface area contributed by atoms with Crippen LogP contribution in [0.5, 0.6) is 0 Å². The Kier molecular flexibility index (Phi) is 15.5. The summed E-state index contributed by atoms with van der Waals surface area (Å²) in [7, 11) is 0. The van der Waals surface area contributed by atoms with Crippen LogP contribution >= 0.6 is 11.3 Å². The monoisotopic (exact) mass is 388 g/mol. The van der Waals surface area contributed by atoms with Gasteiger partial charge < -0.3 is 0 Å². The fourth-order valence-electron chi connectivity index (χ4n) is 3.71. The largest absolute Gasteiger partial charge is 0.136 e. The van der Waals surface area contributed by atoms with Crippen LogP contribution in [-0.4, -0.2) is 0 Å². The van der Waals surface area contributed by atoms with Crippen LogP contribution in [0, 0.1) is 0 Å². The fourth-order valence-corrected chi connectivity index (χ4v) is 4.86. The SMILES string of the molecule is C/C=C\c1cc(CCCCCCCCCCCCCCCC)c(/C=C/C)s1. The van der Waals surface area contributed by atoms with Crippen LogP contribution in [0.4, 0.5) is 0 Å². The second kappa shape index (κ2) is 17.3. The lowest BCUT2D eigenvalue weighted by molar-refractivity contribution is 0.535. The lowest BCUT2D eigenvalue weighted by Gasteiger charge is -2.03. The van der Waals surface area contributed by atoms with E-state index in [1.54, 1.807) is 5.56 Å². The van der Waals surface area contributed by atoms with E-state index < -0.39 is 0 Å². The van der Waals surface area contributed by atoms with E-state index >= 15 is 0 Å². The first kappa shape index (κ1) is 24.2. The van der Waals surface area contributed by atoms with Crippen molar-refractivity contribution >= 4 is 23.5 Å². The molecule has 0 radical (unpaired) electrons. The Balaban J connectivity index is 2.00. The summed E-state index contributed by atoms with van der Waals surface area (Å²) in [5, 5.41) is 0. The van der Waals surface area contributed by atoms with E-state index in [9.17, 15) is 0 Å². The van der Waals surface area contributed by atoms with Crippen LogP contribution in [0.25, 0.3) is 12.2 Å². The minimum atomic E-state index is 1.24. The lowest BCUT2D eigenvalue weighted by Crippen LogP contribution is -1.87. The molecule has 0 bridgehead atoms. The Bertz CT molecular complexity index is 506. The predicted octanol–water partition coefficient (Wildman–Crippen LogP) is 9.84. The zero-order valence-electron chi connectivity index (χ0n) is 18.4. The number of rotatable bonds is 17. The first-order chi connectivity index (χ1) is 13.3. The summed E-state index contributed by atoms with van der Waals surface area (Å²) < 4.78 is 0. The highest BCUT2D eigenvalue weighted by molar-refractivity contribution is 7.14. The highest BCUT2D eigenvalue weighted by atomic mass is 32.1. The third kappa shape index (κ3) is 12.3. The third-order valence-electron chi connectivity index (χ3n) is 5.31. The van der Waals surface area contributed by atoms with Gasteiger partial charge in [-0.25, -0.2) is 0 Å². The van der Waals surface area contributed by atoms with Gasteiger partial charge in [0.2, 0.25) is 0 Å². The van der Waals surface area contributed by atoms with Gasteiger partial charge in [0.25, 0.3) is 0 Å². The molecule has 0 atom stereocenters. The first-order valence-electron chi connectivity index (χ1n) is 11.7. The van der Waals surface area contributed by atoms with Gasteiger partial charge in [-0.2, -0.15) is 0 Å². The molecule has 154 valence electrons. The first-order valence-corrected chi connectivity index (χ1v) is 12.5. The Morgan fingerprint density at radius 3 is 1.63 bits per heavy atom. The number of hydrogen-bond donors (Lipinski definition) is 0. The normalized spacial score (nSPS) is 12.0. The maximum Gasteiger partial charge on any atom is 0.0305 e. The molecule has 0 amide bonds. The van der Waals surface area contributed by atoms with E-state index in [4.69, 9.17) is 0 Å². The number of allylic oxidation sites excluding steroid dienone is 2. The molecule has 1 aromatic rings. The Hall–Kier alpha value is -0.820. The van der Waals surface area contributed by atoms with Gasteiger partial charge in [0.15, 0.2) is 0 Å². The highest BCUT2D eigenvalue weighted by Crippen LogP contribution is 2.27. The molecule has 0 saturated carbocycles. The Morgan fingerprint density at radius 2 is 1.15 bits per heavy atom. The number of unbranched alkanes of at least 4 members (excludes halogenated alkanes) is 13. The van der Waals surface area contributed by atoms with E-state index in [1.807, 2.05) is 11.3 Å². The van der Waals surface area contributed by atoms with E-state index in [0.717, 1.165) is 0 Å². The minimum absolute atomic E-state index is 1.24. The van der Waals surface area contributed by atoms with Crippen LogP contribution in [0.1, 0.15) is 126 Å². The van der Waals surface area contributed by atoms with E-state index in [-0.39, 0.29) is 0 Å². The van der Waals surface area contributed by atoms with Crippen molar-refractivity contribution in [3.05, 3.63) is 33.5 Å². The summed E-state index contributed by atoms with van der Waals surface area (Å²) in [5.74, 6) is 0. The second-order valence-corrected chi connectivity index (χ2v) is 9.00. The summed E-state index contributed by atoms with van der Waals surface area (Å²) >= 11 is 1.92. The zero-order chi connectivity index (χ0) is 19.6. The van der Waals surface area contributed by atoms with Gasteiger partial charge in [0, 0.05) is 9.75 Å². The molecule has 0 aromatic carbocycles. The van der Waals surface area contributed by atoms with Crippen LogP contribution in [0.15, 0.2) is 18.2 Å². The molecule has 27 heavy (non-hydrogen) atoms. The summed E-state index contributed by atoms with van der Waals surface area (Å²) in [6.07, 6.45) is 30.1. The van der Waals surface area contributed by atoms with Gasteiger partial charge in [0.1, 0.15) is 0 Å². The van der Waals surface area contributed by atoms with Crippen LogP contribution in [0.3, 0.4) is 0 Å². The smallest absolute Gasteiger partial charge is 0.0305 e. The molecule has 0 aliphatic heterocycles. The molecule has 1 heterocycles. The molecule has 0 aliphatic carbocycles. The summed E-state index contributed by atoms with van der Waals surface area (Å²) in [6.45, 7) is 6.51. The van der Waals surface area contributed by atoms with Gasteiger partial charge in [-0.15, -0.1) is 11.3 Å².